The number of nitrogens with zero attached hydrogens (tertiary/aromatic N) is 1. The van der Waals surface area contributed by atoms with Crippen LogP contribution in [0.15, 0.2) is 53.4 Å². The van der Waals surface area contributed by atoms with E-state index in [9.17, 15) is 8.42 Å². The second-order valence-electron chi connectivity index (χ2n) is 6.87. The van der Waals surface area contributed by atoms with Crippen molar-refractivity contribution in [3.63, 3.8) is 0 Å². The Kier molecular flexibility index (Phi) is 7.31. The second-order valence-corrected chi connectivity index (χ2v) is 9.02. The SMILES string of the molecule is O=S(=O)(N[C@@H]1CCCN(Cc2cccc(OCCO)c2)C1)c1ccc(Cl)cc1. The highest BCUT2D eigenvalue weighted by Crippen LogP contribution is 2.20. The number of halogens is 1. The Morgan fingerprint density at radius 2 is 2.00 bits per heavy atom. The van der Waals surface area contributed by atoms with Gasteiger partial charge >= 0.3 is 0 Å². The summed E-state index contributed by atoms with van der Waals surface area (Å²) in [5.41, 5.74) is 1.09. The topological polar surface area (TPSA) is 78.9 Å². The van der Waals surface area contributed by atoms with Crippen LogP contribution < -0.4 is 9.46 Å². The number of likely N-dealkylation sites (tertiary alicyclic amines) is 1. The summed E-state index contributed by atoms with van der Waals surface area (Å²) < 4.78 is 33.5. The summed E-state index contributed by atoms with van der Waals surface area (Å²) in [6.45, 7) is 2.53. The lowest BCUT2D eigenvalue weighted by molar-refractivity contribution is 0.192. The number of rotatable bonds is 8. The van der Waals surface area contributed by atoms with Gasteiger partial charge in [0.05, 0.1) is 11.5 Å². The standard InChI is InChI=1S/C20H25ClN2O4S/c21-17-6-8-20(9-7-17)28(25,26)22-18-4-2-10-23(15-18)14-16-3-1-5-19(13-16)27-12-11-24/h1,3,5-9,13,18,22,24H,2,4,10-12,14-15H2/t18-/m1/s1. The molecule has 28 heavy (non-hydrogen) atoms. The van der Waals surface area contributed by atoms with Gasteiger partial charge in [-0.3, -0.25) is 4.90 Å². The van der Waals surface area contributed by atoms with Gasteiger partial charge in [0.15, 0.2) is 0 Å². The molecule has 3 rings (SSSR count). The van der Waals surface area contributed by atoms with Crippen molar-refractivity contribution in [3.05, 3.63) is 59.1 Å². The van der Waals surface area contributed by atoms with Gasteiger partial charge < -0.3 is 9.84 Å². The first-order valence-corrected chi connectivity index (χ1v) is 11.2. The van der Waals surface area contributed by atoms with Crippen LogP contribution in [0.1, 0.15) is 18.4 Å². The largest absolute Gasteiger partial charge is 0.491 e. The molecule has 1 aliphatic rings. The lowest BCUT2D eigenvalue weighted by Crippen LogP contribution is -2.47. The Morgan fingerprint density at radius 3 is 2.75 bits per heavy atom. The van der Waals surface area contributed by atoms with Gasteiger partial charge in [-0.1, -0.05) is 23.7 Å². The molecule has 1 saturated heterocycles. The van der Waals surface area contributed by atoms with Gasteiger partial charge in [-0.15, -0.1) is 0 Å². The van der Waals surface area contributed by atoms with Gasteiger partial charge in [0.2, 0.25) is 10.0 Å². The maximum atomic E-state index is 12.6. The van der Waals surface area contributed by atoms with Crippen LogP contribution in [0, 0.1) is 0 Å². The first-order valence-electron chi connectivity index (χ1n) is 9.29. The zero-order chi connectivity index (χ0) is 20.0. The zero-order valence-corrected chi connectivity index (χ0v) is 17.1. The molecule has 8 heteroatoms. The molecule has 152 valence electrons. The van der Waals surface area contributed by atoms with Crippen LogP contribution in [0.25, 0.3) is 0 Å². The summed E-state index contributed by atoms with van der Waals surface area (Å²) in [4.78, 5) is 2.46. The molecule has 0 radical (unpaired) electrons. The van der Waals surface area contributed by atoms with E-state index in [0.717, 1.165) is 37.2 Å². The Balaban J connectivity index is 1.60. The third-order valence-corrected chi connectivity index (χ3v) is 6.40. The van der Waals surface area contributed by atoms with E-state index in [0.29, 0.717) is 11.6 Å². The summed E-state index contributed by atoms with van der Waals surface area (Å²) in [6, 6.07) is 13.8. The predicted molar refractivity (Wildman–Crippen MR) is 109 cm³/mol. The van der Waals surface area contributed by atoms with Crippen LogP contribution in [0.5, 0.6) is 5.75 Å². The summed E-state index contributed by atoms with van der Waals surface area (Å²) in [5.74, 6) is 0.726. The van der Waals surface area contributed by atoms with Crippen LogP contribution in [0.3, 0.4) is 0 Å². The molecule has 2 aromatic carbocycles. The van der Waals surface area contributed by atoms with Crippen molar-refractivity contribution in [3.8, 4) is 5.75 Å². The number of aliphatic hydroxyl groups is 1. The molecule has 2 N–H and O–H groups in total. The van der Waals surface area contributed by atoms with E-state index >= 15 is 0 Å². The normalized spacial score (nSPS) is 18.1. The summed E-state index contributed by atoms with van der Waals surface area (Å²) >= 11 is 5.85. The number of hydrogen-bond donors (Lipinski definition) is 2. The van der Waals surface area contributed by atoms with Crippen molar-refractivity contribution in [2.45, 2.75) is 30.3 Å². The average molecular weight is 425 g/mol. The maximum Gasteiger partial charge on any atom is 0.240 e. The van der Waals surface area contributed by atoms with E-state index in [1.807, 2.05) is 24.3 Å². The molecule has 2 aromatic rings. The van der Waals surface area contributed by atoms with E-state index in [1.54, 1.807) is 12.1 Å². The molecule has 0 amide bonds. The smallest absolute Gasteiger partial charge is 0.240 e. The lowest BCUT2D eigenvalue weighted by atomic mass is 10.1. The number of nitrogens with one attached hydrogen (secondary N) is 1. The summed E-state index contributed by atoms with van der Waals surface area (Å²) in [7, 11) is -3.57. The number of benzene rings is 2. The highest BCUT2D eigenvalue weighted by molar-refractivity contribution is 7.89. The van der Waals surface area contributed by atoms with Gasteiger partial charge in [-0.05, 0) is 61.3 Å². The third-order valence-electron chi connectivity index (χ3n) is 4.62. The van der Waals surface area contributed by atoms with Crippen LogP contribution in [0.4, 0.5) is 0 Å². The zero-order valence-electron chi connectivity index (χ0n) is 15.6. The number of ether oxygens (including phenoxy) is 1. The molecule has 0 unspecified atom stereocenters. The molecule has 0 spiro atoms. The Labute approximate surface area is 171 Å². The van der Waals surface area contributed by atoms with Crippen molar-refractivity contribution in [2.24, 2.45) is 0 Å². The third kappa shape index (κ3) is 5.93. The van der Waals surface area contributed by atoms with Gasteiger partial charge in [-0.2, -0.15) is 0 Å². The maximum absolute atomic E-state index is 12.6. The lowest BCUT2D eigenvalue weighted by Gasteiger charge is -2.33. The average Bonchev–Trinajstić information content (AvgIpc) is 2.67. The van der Waals surface area contributed by atoms with Crippen LogP contribution >= 0.6 is 11.6 Å². The molecule has 1 heterocycles. The Bertz CT molecular complexity index is 874. The van der Waals surface area contributed by atoms with E-state index < -0.39 is 10.0 Å². The monoisotopic (exact) mass is 424 g/mol. The number of aliphatic hydroxyl groups excluding tert-OH is 1. The van der Waals surface area contributed by atoms with E-state index in [1.165, 1.54) is 12.1 Å². The molecule has 6 nitrogen and oxygen atoms in total. The molecule has 0 aromatic heterocycles. The fourth-order valence-electron chi connectivity index (χ4n) is 3.35. The minimum Gasteiger partial charge on any atom is -0.491 e. The van der Waals surface area contributed by atoms with Crippen molar-refractivity contribution in [2.75, 3.05) is 26.3 Å². The van der Waals surface area contributed by atoms with Gasteiger partial charge in [0.25, 0.3) is 0 Å². The Hall–Kier alpha value is -1.64. The molecule has 1 aliphatic heterocycles. The van der Waals surface area contributed by atoms with Crippen LogP contribution in [-0.4, -0.2) is 50.8 Å². The van der Waals surface area contributed by atoms with Gasteiger partial charge in [-0.25, -0.2) is 13.1 Å². The van der Waals surface area contributed by atoms with Crippen molar-refractivity contribution in [1.29, 1.82) is 0 Å². The molecular formula is C20H25ClN2O4S. The quantitative estimate of drug-likeness (QED) is 0.681. The fraction of sp³-hybridized carbons (Fsp3) is 0.400. The first kappa shape index (κ1) is 21.1. The van der Waals surface area contributed by atoms with Crippen LogP contribution in [-0.2, 0) is 16.6 Å². The number of hydrogen-bond acceptors (Lipinski definition) is 5. The first-order chi connectivity index (χ1) is 13.5. The molecule has 1 atom stereocenters. The minimum atomic E-state index is -3.57. The molecule has 1 fully saturated rings. The highest BCUT2D eigenvalue weighted by atomic mass is 35.5. The minimum absolute atomic E-state index is 0.0220. The second kappa shape index (κ2) is 9.71. The van der Waals surface area contributed by atoms with Gasteiger partial charge in [0.1, 0.15) is 12.4 Å². The molecule has 0 saturated carbocycles. The van der Waals surface area contributed by atoms with E-state index in [2.05, 4.69) is 9.62 Å². The fourth-order valence-corrected chi connectivity index (χ4v) is 4.74. The van der Waals surface area contributed by atoms with E-state index in [4.69, 9.17) is 21.4 Å². The highest BCUT2D eigenvalue weighted by Gasteiger charge is 2.25. The molecule has 0 bridgehead atoms. The Morgan fingerprint density at radius 1 is 1.21 bits per heavy atom. The van der Waals surface area contributed by atoms with Crippen molar-refractivity contribution >= 4 is 21.6 Å². The summed E-state index contributed by atoms with van der Waals surface area (Å²) in [6.07, 6.45) is 1.73. The number of sulfonamides is 1. The predicted octanol–water partition coefficient (Wildman–Crippen LogP) is 2.65. The molecule has 0 aliphatic carbocycles. The van der Waals surface area contributed by atoms with Crippen molar-refractivity contribution < 1.29 is 18.3 Å². The van der Waals surface area contributed by atoms with E-state index in [-0.39, 0.29) is 24.2 Å². The summed E-state index contributed by atoms with van der Waals surface area (Å²) in [5, 5.41) is 9.39. The number of piperidine rings is 1. The van der Waals surface area contributed by atoms with Gasteiger partial charge in [0, 0.05) is 24.2 Å². The molecular weight excluding hydrogens is 400 g/mol. The van der Waals surface area contributed by atoms with Crippen molar-refractivity contribution in [1.82, 2.24) is 9.62 Å². The van der Waals surface area contributed by atoms with Crippen LogP contribution in [0.2, 0.25) is 5.02 Å².